The number of ether oxygens (including phenoxy) is 1. The van der Waals surface area contributed by atoms with E-state index in [1.807, 2.05) is 0 Å². The van der Waals surface area contributed by atoms with Crippen molar-refractivity contribution < 1.29 is 19.1 Å². The molecule has 3 fully saturated rings. The van der Waals surface area contributed by atoms with Crippen molar-refractivity contribution in [3.8, 4) is 0 Å². The van der Waals surface area contributed by atoms with Gasteiger partial charge in [-0.1, -0.05) is 0 Å². The van der Waals surface area contributed by atoms with Crippen LogP contribution in [0, 0.1) is 11.8 Å². The summed E-state index contributed by atoms with van der Waals surface area (Å²) in [5, 5.41) is 2.71. The lowest BCUT2D eigenvalue weighted by Crippen LogP contribution is -2.47. The van der Waals surface area contributed by atoms with Gasteiger partial charge in [-0.25, -0.2) is 0 Å². The van der Waals surface area contributed by atoms with Crippen LogP contribution < -0.4 is 5.32 Å². The van der Waals surface area contributed by atoms with Crippen LogP contribution in [0.2, 0.25) is 0 Å². The third-order valence-electron chi connectivity index (χ3n) is 5.03. The van der Waals surface area contributed by atoms with Gasteiger partial charge in [0.15, 0.2) is 0 Å². The normalized spacial score (nSPS) is 33.0. The number of imide groups is 1. The maximum Gasteiger partial charge on any atom is 0.247 e. The zero-order chi connectivity index (χ0) is 16.1. The third kappa shape index (κ3) is 2.07. The van der Waals surface area contributed by atoms with Crippen molar-refractivity contribution in [1.82, 2.24) is 9.88 Å². The largest absolute Gasteiger partial charge is 0.373 e. The number of hydrogen-bond acceptors (Lipinski definition) is 5. The predicted molar refractivity (Wildman–Crippen MR) is 79.1 cm³/mol. The lowest BCUT2D eigenvalue weighted by Gasteiger charge is -2.23. The van der Waals surface area contributed by atoms with Gasteiger partial charge in [-0.3, -0.25) is 24.3 Å². The molecule has 4 rings (SSSR count). The number of anilines is 1. The molecule has 1 aromatic heterocycles. The zero-order valence-corrected chi connectivity index (χ0v) is 12.6. The smallest absolute Gasteiger partial charge is 0.247 e. The van der Waals surface area contributed by atoms with Gasteiger partial charge in [0.2, 0.25) is 17.7 Å². The number of aromatic nitrogens is 1. The zero-order valence-electron chi connectivity index (χ0n) is 12.6. The highest BCUT2D eigenvalue weighted by molar-refractivity contribution is 6.10. The average Bonchev–Trinajstić information content (AvgIpc) is 3.22. The summed E-state index contributed by atoms with van der Waals surface area (Å²) < 4.78 is 5.69. The van der Waals surface area contributed by atoms with Crippen molar-refractivity contribution >= 4 is 23.4 Å². The molecule has 5 atom stereocenters. The molecule has 0 saturated carbocycles. The molecule has 0 aromatic carbocycles. The number of likely N-dealkylation sites (tertiary alicyclic amines) is 1. The van der Waals surface area contributed by atoms with Crippen molar-refractivity contribution in [3.63, 3.8) is 0 Å². The van der Waals surface area contributed by atoms with Crippen LogP contribution in [0.5, 0.6) is 0 Å². The highest BCUT2D eigenvalue weighted by Crippen LogP contribution is 2.48. The van der Waals surface area contributed by atoms with E-state index in [0.717, 1.165) is 17.7 Å². The first-order valence-corrected chi connectivity index (χ1v) is 7.81. The fraction of sp³-hybridized carbons (Fsp3) is 0.500. The fourth-order valence-electron chi connectivity index (χ4n) is 3.92. The van der Waals surface area contributed by atoms with E-state index in [1.165, 1.54) is 0 Å². The summed E-state index contributed by atoms with van der Waals surface area (Å²) in [7, 11) is 0. The summed E-state index contributed by atoms with van der Waals surface area (Å²) in [4.78, 5) is 42.6. The number of hydrogen-bond donors (Lipinski definition) is 1. The van der Waals surface area contributed by atoms with Crippen LogP contribution in [-0.2, 0) is 19.1 Å². The lowest BCUT2D eigenvalue weighted by molar-refractivity contribution is -0.148. The average molecular weight is 315 g/mol. The third-order valence-corrected chi connectivity index (χ3v) is 5.03. The number of nitrogens with one attached hydrogen (secondary N) is 1. The number of rotatable bonds is 3. The van der Waals surface area contributed by atoms with E-state index in [9.17, 15) is 14.4 Å². The maximum absolute atomic E-state index is 12.6. The maximum atomic E-state index is 12.6. The van der Waals surface area contributed by atoms with Crippen LogP contribution in [-0.4, -0.2) is 45.9 Å². The second-order valence-corrected chi connectivity index (χ2v) is 6.29. The molecule has 120 valence electrons. The monoisotopic (exact) mass is 315 g/mol. The van der Waals surface area contributed by atoms with Gasteiger partial charge in [0.25, 0.3) is 0 Å². The molecule has 3 aliphatic rings. The van der Waals surface area contributed by atoms with Gasteiger partial charge in [0, 0.05) is 18.1 Å². The number of fused-ring (bicyclic) bond motifs is 5. The van der Waals surface area contributed by atoms with Crippen LogP contribution in [0.3, 0.4) is 0 Å². The Kier molecular flexibility index (Phi) is 3.19. The summed E-state index contributed by atoms with van der Waals surface area (Å²) >= 11 is 0. The second kappa shape index (κ2) is 5.13. The fourth-order valence-corrected chi connectivity index (χ4v) is 3.92. The molecule has 0 radical (unpaired) electrons. The van der Waals surface area contributed by atoms with Gasteiger partial charge in [-0.05, 0) is 31.9 Å². The van der Waals surface area contributed by atoms with E-state index in [2.05, 4.69) is 10.3 Å². The van der Waals surface area contributed by atoms with Crippen LogP contribution in [0.15, 0.2) is 24.5 Å². The molecule has 3 amide bonds. The Morgan fingerprint density at radius 3 is 2.35 bits per heavy atom. The number of carbonyl (C=O) groups excluding carboxylic acids is 3. The van der Waals surface area contributed by atoms with Crippen LogP contribution >= 0.6 is 0 Å². The van der Waals surface area contributed by atoms with E-state index in [-0.39, 0.29) is 29.9 Å². The van der Waals surface area contributed by atoms with Crippen LogP contribution in [0.1, 0.15) is 19.8 Å². The number of amides is 3. The number of pyridine rings is 1. The highest BCUT2D eigenvalue weighted by Gasteiger charge is 2.63. The van der Waals surface area contributed by atoms with E-state index < -0.39 is 17.9 Å². The van der Waals surface area contributed by atoms with E-state index in [1.54, 1.807) is 31.5 Å². The summed E-state index contributed by atoms with van der Waals surface area (Å²) in [5.74, 6) is -1.74. The molecule has 7 heteroatoms. The minimum atomic E-state index is -0.840. The molecule has 3 aliphatic heterocycles. The van der Waals surface area contributed by atoms with Gasteiger partial charge in [-0.15, -0.1) is 0 Å². The first-order chi connectivity index (χ1) is 11.1. The topological polar surface area (TPSA) is 88.6 Å². The molecule has 1 N–H and O–H groups in total. The molecule has 0 aliphatic carbocycles. The molecule has 4 heterocycles. The summed E-state index contributed by atoms with van der Waals surface area (Å²) in [6.45, 7) is 1.58. The SMILES string of the molecule is CC(C(=O)Nc1ccncc1)N1C(=O)C2C3CCC(O3)C2C1=O. The summed E-state index contributed by atoms with van der Waals surface area (Å²) in [6.07, 6.45) is 4.42. The van der Waals surface area contributed by atoms with Gasteiger partial charge in [0.1, 0.15) is 6.04 Å². The van der Waals surface area contributed by atoms with Crippen molar-refractivity contribution in [2.45, 2.75) is 38.0 Å². The van der Waals surface area contributed by atoms with Crippen molar-refractivity contribution in [1.29, 1.82) is 0 Å². The summed E-state index contributed by atoms with van der Waals surface area (Å²) in [5.41, 5.74) is 0.583. The number of carbonyl (C=O) groups is 3. The quantitative estimate of drug-likeness (QED) is 0.824. The van der Waals surface area contributed by atoms with Gasteiger partial charge >= 0.3 is 0 Å². The van der Waals surface area contributed by atoms with Crippen LogP contribution in [0.25, 0.3) is 0 Å². The molecular formula is C16H17N3O4. The van der Waals surface area contributed by atoms with Crippen LogP contribution in [0.4, 0.5) is 5.69 Å². The Morgan fingerprint density at radius 1 is 1.22 bits per heavy atom. The molecule has 1 aromatic rings. The molecule has 0 spiro atoms. The molecule has 3 saturated heterocycles. The van der Waals surface area contributed by atoms with Crippen molar-refractivity contribution in [3.05, 3.63) is 24.5 Å². The predicted octanol–water partition coefficient (Wildman–Crippen LogP) is 0.571. The minimum Gasteiger partial charge on any atom is -0.373 e. The highest BCUT2D eigenvalue weighted by atomic mass is 16.5. The second-order valence-electron chi connectivity index (χ2n) is 6.29. The minimum absolute atomic E-state index is 0.165. The Labute approximate surface area is 133 Å². The molecule has 7 nitrogen and oxygen atoms in total. The van der Waals surface area contributed by atoms with Gasteiger partial charge < -0.3 is 10.1 Å². The molecular weight excluding hydrogens is 298 g/mol. The Morgan fingerprint density at radius 2 is 1.78 bits per heavy atom. The standard InChI is InChI=1S/C16H17N3O4/c1-8(14(20)18-9-4-6-17-7-5-9)19-15(21)12-10-2-3-11(23-10)13(12)16(19)22/h4-8,10-13H,2-3H2,1H3,(H,17,18,20). The first-order valence-electron chi connectivity index (χ1n) is 7.81. The van der Waals surface area contributed by atoms with Crippen molar-refractivity contribution in [2.75, 3.05) is 5.32 Å². The Hall–Kier alpha value is -2.28. The molecule has 5 unspecified atom stereocenters. The van der Waals surface area contributed by atoms with Crippen molar-refractivity contribution in [2.24, 2.45) is 11.8 Å². The Balaban J connectivity index is 1.52. The van der Waals surface area contributed by atoms with E-state index >= 15 is 0 Å². The molecule has 2 bridgehead atoms. The van der Waals surface area contributed by atoms with Gasteiger partial charge in [0.05, 0.1) is 24.0 Å². The molecule has 23 heavy (non-hydrogen) atoms. The Bertz CT molecular complexity index is 649. The number of nitrogens with zero attached hydrogens (tertiary/aromatic N) is 2. The van der Waals surface area contributed by atoms with Gasteiger partial charge in [-0.2, -0.15) is 0 Å². The lowest BCUT2D eigenvalue weighted by atomic mass is 9.81. The van der Waals surface area contributed by atoms with E-state index in [0.29, 0.717) is 5.69 Å². The summed E-state index contributed by atoms with van der Waals surface area (Å²) in [6, 6.07) is 2.47. The van der Waals surface area contributed by atoms with E-state index in [4.69, 9.17) is 4.74 Å². The first kappa shape index (κ1) is 14.3.